The molecular formula is C24H26ClN3O3. The van der Waals surface area contributed by atoms with Gasteiger partial charge in [-0.15, -0.1) is 0 Å². The van der Waals surface area contributed by atoms with Crippen LogP contribution in [0.4, 0.5) is 5.69 Å². The predicted molar refractivity (Wildman–Crippen MR) is 120 cm³/mol. The fourth-order valence-corrected chi connectivity index (χ4v) is 4.38. The van der Waals surface area contributed by atoms with Crippen LogP contribution in [0.15, 0.2) is 42.5 Å². The zero-order chi connectivity index (χ0) is 22.0. The molecule has 1 saturated heterocycles. The highest BCUT2D eigenvalue weighted by atomic mass is 35.5. The second-order valence-corrected chi connectivity index (χ2v) is 8.51. The van der Waals surface area contributed by atoms with Crippen LogP contribution in [0.1, 0.15) is 47.7 Å². The molecule has 2 heterocycles. The number of anilines is 1. The summed E-state index contributed by atoms with van der Waals surface area (Å²) in [6, 6.07) is 11.9. The summed E-state index contributed by atoms with van der Waals surface area (Å²) in [5.41, 5.74) is 3.19. The molecule has 0 radical (unpaired) electrons. The molecule has 0 spiro atoms. The van der Waals surface area contributed by atoms with Gasteiger partial charge in [0, 0.05) is 48.7 Å². The average Bonchev–Trinajstić information content (AvgIpc) is 3.32. The Morgan fingerprint density at radius 2 is 1.74 bits per heavy atom. The molecule has 0 bridgehead atoms. The third-order valence-electron chi connectivity index (χ3n) is 6.00. The van der Waals surface area contributed by atoms with E-state index in [0.717, 1.165) is 37.1 Å². The second kappa shape index (κ2) is 9.10. The van der Waals surface area contributed by atoms with Gasteiger partial charge in [-0.3, -0.25) is 14.4 Å². The Morgan fingerprint density at radius 1 is 1.03 bits per heavy atom. The van der Waals surface area contributed by atoms with E-state index in [-0.39, 0.29) is 17.7 Å². The van der Waals surface area contributed by atoms with E-state index in [0.29, 0.717) is 35.7 Å². The molecule has 2 aliphatic heterocycles. The molecule has 31 heavy (non-hydrogen) atoms. The number of halogens is 1. The molecule has 0 saturated carbocycles. The van der Waals surface area contributed by atoms with Crippen LogP contribution in [0.25, 0.3) is 0 Å². The molecule has 2 aromatic carbocycles. The Hall–Kier alpha value is -2.86. The van der Waals surface area contributed by atoms with Crippen molar-refractivity contribution in [1.82, 2.24) is 9.80 Å². The number of fused-ring (bicyclic) bond motifs is 1. The van der Waals surface area contributed by atoms with Gasteiger partial charge in [0.05, 0.1) is 0 Å². The highest BCUT2D eigenvalue weighted by Crippen LogP contribution is 2.29. The smallest absolute Gasteiger partial charge is 0.254 e. The van der Waals surface area contributed by atoms with Crippen LogP contribution in [0.3, 0.4) is 0 Å². The molecule has 1 atom stereocenters. The summed E-state index contributed by atoms with van der Waals surface area (Å²) in [7, 11) is 0. The Labute approximate surface area is 187 Å². The van der Waals surface area contributed by atoms with E-state index < -0.39 is 6.04 Å². The van der Waals surface area contributed by atoms with E-state index >= 15 is 0 Å². The zero-order valence-corrected chi connectivity index (χ0v) is 18.3. The third-order valence-corrected chi connectivity index (χ3v) is 6.25. The lowest BCUT2D eigenvalue weighted by Gasteiger charge is -2.38. The monoisotopic (exact) mass is 439 g/mol. The molecule has 1 unspecified atom stereocenters. The first kappa shape index (κ1) is 21.4. The minimum atomic E-state index is -0.537. The fraction of sp³-hybridized carbons (Fsp3) is 0.375. The average molecular weight is 440 g/mol. The maximum absolute atomic E-state index is 13.4. The first-order valence-electron chi connectivity index (χ1n) is 10.7. The summed E-state index contributed by atoms with van der Waals surface area (Å²) in [5, 5.41) is 3.43. The lowest BCUT2D eigenvalue weighted by Crippen LogP contribution is -2.53. The van der Waals surface area contributed by atoms with E-state index in [1.165, 1.54) is 0 Å². The standard InChI is InChI=1S/C24H26ClN3O3/c1-2-22(29)26-20-10-7-17-14-21(24(31)27-11-3-4-12-27)28(15-18(17)13-20)23(30)16-5-8-19(25)9-6-16/h5-10,13,21H,2-4,11-12,14-15H2,1H3,(H,26,29). The number of hydrogen-bond acceptors (Lipinski definition) is 3. The van der Waals surface area contributed by atoms with Gasteiger partial charge >= 0.3 is 0 Å². The van der Waals surface area contributed by atoms with Crippen molar-refractivity contribution in [3.8, 4) is 0 Å². The lowest BCUT2D eigenvalue weighted by molar-refractivity contribution is -0.135. The molecule has 1 fully saturated rings. The van der Waals surface area contributed by atoms with Gasteiger partial charge in [0.15, 0.2) is 0 Å². The number of carbonyl (C=O) groups excluding carboxylic acids is 3. The van der Waals surface area contributed by atoms with Crippen LogP contribution in [-0.4, -0.2) is 46.7 Å². The van der Waals surface area contributed by atoms with Gasteiger partial charge in [0.1, 0.15) is 6.04 Å². The van der Waals surface area contributed by atoms with Gasteiger partial charge in [-0.2, -0.15) is 0 Å². The molecule has 6 nitrogen and oxygen atoms in total. The summed E-state index contributed by atoms with van der Waals surface area (Å²) in [6.45, 7) is 3.60. The number of likely N-dealkylation sites (tertiary alicyclic amines) is 1. The molecule has 1 N–H and O–H groups in total. The Bertz CT molecular complexity index is 1000. The minimum Gasteiger partial charge on any atom is -0.341 e. The van der Waals surface area contributed by atoms with Crippen molar-refractivity contribution in [3.05, 3.63) is 64.2 Å². The molecule has 3 amide bonds. The summed E-state index contributed by atoms with van der Waals surface area (Å²) < 4.78 is 0. The van der Waals surface area contributed by atoms with Crippen molar-refractivity contribution in [1.29, 1.82) is 0 Å². The number of carbonyl (C=O) groups is 3. The number of hydrogen-bond donors (Lipinski definition) is 1. The topological polar surface area (TPSA) is 69.7 Å². The van der Waals surface area contributed by atoms with E-state index in [1.807, 2.05) is 23.1 Å². The number of nitrogens with zero attached hydrogens (tertiary/aromatic N) is 2. The Balaban J connectivity index is 1.66. The van der Waals surface area contributed by atoms with Crippen LogP contribution in [-0.2, 0) is 22.6 Å². The number of amides is 3. The normalized spacial score (nSPS) is 17.9. The quantitative estimate of drug-likeness (QED) is 0.786. The van der Waals surface area contributed by atoms with E-state index in [4.69, 9.17) is 11.6 Å². The number of rotatable bonds is 4. The summed E-state index contributed by atoms with van der Waals surface area (Å²) in [6.07, 6.45) is 2.86. The number of nitrogens with one attached hydrogen (secondary N) is 1. The van der Waals surface area contributed by atoms with E-state index in [1.54, 1.807) is 36.1 Å². The van der Waals surface area contributed by atoms with Gasteiger partial charge in [-0.25, -0.2) is 0 Å². The van der Waals surface area contributed by atoms with Crippen molar-refractivity contribution in [3.63, 3.8) is 0 Å². The maximum atomic E-state index is 13.4. The molecule has 2 aromatic rings. The second-order valence-electron chi connectivity index (χ2n) is 8.08. The van der Waals surface area contributed by atoms with Gasteiger partial charge < -0.3 is 15.1 Å². The molecule has 2 aliphatic rings. The summed E-state index contributed by atoms with van der Waals surface area (Å²) in [4.78, 5) is 42.0. The predicted octanol–water partition coefficient (Wildman–Crippen LogP) is 3.88. The number of benzene rings is 2. The molecule has 7 heteroatoms. The lowest BCUT2D eigenvalue weighted by atomic mass is 9.92. The van der Waals surface area contributed by atoms with E-state index in [2.05, 4.69) is 5.32 Å². The Kier molecular flexibility index (Phi) is 6.28. The summed E-state index contributed by atoms with van der Waals surface area (Å²) in [5.74, 6) is -0.247. The zero-order valence-electron chi connectivity index (χ0n) is 17.6. The minimum absolute atomic E-state index is 0.00817. The van der Waals surface area contributed by atoms with Crippen LogP contribution in [0.2, 0.25) is 5.02 Å². The molecule has 0 aromatic heterocycles. The van der Waals surface area contributed by atoms with Crippen molar-refractivity contribution in [2.24, 2.45) is 0 Å². The molecule has 162 valence electrons. The largest absolute Gasteiger partial charge is 0.341 e. The Morgan fingerprint density at radius 3 is 2.42 bits per heavy atom. The molecule has 4 rings (SSSR count). The first-order chi connectivity index (χ1) is 15.0. The van der Waals surface area contributed by atoms with Crippen LogP contribution in [0.5, 0.6) is 0 Å². The van der Waals surface area contributed by atoms with Crippen LogP contribution >= 0.6 is 11.6 Å². The SMILES string of the molecule is CCC(=O)Nc1ccc2c(c1)CN(C(=O)c1ccc(Cl)cc1)C(C(=O)N1CCCC1)C2. The van der Waals surface area contributed by atoms with Gasteiger partial charge in [0.25, 0.3) is 5.91 Å². The van der Waals surface area contributed by atoms with E-state index in [9.17, 15) is 14.4 Å². The van der Waals surface area contributed by atoms with Crippen molar-refractivity contribution in [2.45, 2.75) is 45.2 Å². The maximum Gasteiger partial charge on any atom is 0.254 e. The first-order valence-corrected chi connectivity index (χ1v) is 11.1. The van der Waals surface area contributed by atoms with Crippen molar-refractivity contribution >= 4 is 35.0 Å². The van der Waals surface area contributed by atoms with Crippen LogP contribution in [0, 0.1) is 0 Å². The van der Waals surface area contributed by atoms with Gasteiger partial charge in [-0.1, -0.05) is 24.6 Å². The van der Waals surface area contributed by atoms with Crippen molar-refractivity contribution < 1.29 is 14.4 Å². The third kappa shape index (κ3) is 4.59. The summed E-state index contributed by atoms with van der Waals surface area (Å²) >= 11 is 5.98. The molecular weight excluding hydrogens is 414 g/mol. The highest BCUT2D eigenvalue weighted by molar-refractivity contribution is 6.30. The fourth-order valence-electron chi connectivity index (χ4n) is 4.25. The van der Waals surface area contributed by atoms with Crippen molar-refractivity contribution in [2.75, 3.05) is 18.4 Å². The highest BCUT2D eigenvalue weighted by Gasteiger charge is 2.38. The van der Waals surface area contributed by atoms with Crippen LogP contribution < -0.4 is 5.32 Å². The molecule has 0 aliphatic carbocycles. The van der Waals surface area contributed by atoms with Gasteiger partial charge in [0.2, 0.25) is 11.8 Å². The van der Waals surface area contributed by atoms with Gasteiger partial charge in [-0.05, 0) is 60.4 Å².